The van der Waals surface area contributed by atoms with E-state index in [1.807, 2.05) is 0 Å². The summed E-state index contributed by atoms with van der Waals surface area (Å²) in [5.74, 6) is -0.868. The van der Waals surface area contributed by atoms with Crippen LogP contribution in [0, 0.1) is 11.8 Å². The van der Waals surface area contributed by atoms with Gasteiger partial charge in [0.15, 0.2) is 11.2 Å². The zero-order valence-electron chi connectivity index (χ0n) is 21.2. The molecule has 0 saturated heterocycles. The molecule has 1 fully saturated rings. The van der Waals surface area contributed by atoms with Gasteiger partial charge in [0, 0.05) is 45.2 Å². The highest BCUT2D eigenvalue weighted by atomic mass is 16.4. The summed E-state index contributed by atoms with van der Waals surface area (Å²) in [7, 11) is 3.27. The summed E-state index contributed by atoms with van der Waals surface area (Å²) in [6.45, 7) is 0.672. The minimum Gasteiger partial charge on any atom is -0.408 e. The molecule has 0 radical (unpaired) electrons. The van der Waals surface area contributed by atoms with Crippen molar-refractivity contribution in [3.63, 3.8) is 0 Å². The van der Waals surface area contributed by atoms with Crippen molar-refractivity contribution >= 4 is 34.5 Å². The van der Waals surface area contributed by atoms with Gasteiger partial charge in [-0.2, -0.15) is 5.10 Å². The number of carbonyl (C=O) groups excluding carboxylic acids is 3. The maximum absolute atomic E-state index is 13.1. The first-order chi connectivity index (χ1) is 18.3. The van der Waals surface area contributed by atoms with Crippen molar-refractivity contribution in [2.75, 3.05) is 13.6 Å². The Balaban J connectivity index is 1.25. The van der Waals surface area contributed by atoms with Gasteiger partial charge in [0.25, 0.3) is 11.8 Å². The highest BCUT2D eigenvalue weighted by Crippen LogP contribution is 2.28. The second kappa shape index (κ2) is 10.5. The van der Waals surface area contributed by atoms with E-state index in [1.165, 1.54) is 21.3 Å². The van der Waals surface area contributed by atoms with E-state index in [0.29, 0.717) is 23.3 Å². The van der Waals surface area contributed by atoms with Gasteiger partial charge in [-0.3, -0.25) is 19.0 Å². The van der Waals surface area contributed by atoms with Crippen molar-refractivity contribution in [2.45, 2.75) is 32.2 Å². The molecule has 1 saturated carbocycles. The van der Waals surface area contributed by atoms with E-state index in [-0.39, 0.29) is 41.6 Å². The Morgan fingerprint density at radius 2 is 1.84 bits per heavy atom. The number of carbonyl (C=O) groups is 3. The first kappa shape index (κ1) is 25.2. The van der Waals surface area contributed by atoms with Crippen LogP contribution in [0.5, 0.6) is 0 Å². The van der Waals surface area contributed by atoms with Gasteiger partial charge in [-0.1, -0.05) is 6.07 Å². The van der Waals surface area contributed by atoms with Crippen molar-refractivity contribution in [1.82, 2.24) is 35.1 Å². The van der Waals surface area contributed by atoms with Gasteiger partial charge >= 0.3 is 5.76 Å². The molecule has 3 aromatic heterocycles. The zero-order chi connectivity index (χ0) is 26.8. The van der Waals surface area contributed by atoms with Crippen LogP contribution >= 0.6 is 0 Å². The van der Waals surface area contributed by atoms with Crippen LogP contribution in [0.1, 0.15) is 52.2 Å². The maximum atomic E-state index is 13.1. The first-order valence-electron chi connectivity index (χ1n) is 12.5. The normalized spacial score (nSPS) is 17.4. The summed E-state index contributed by atoms with van der Waals surface area (Å²) in [4.78, 5) is 54.0. The van der Waals surface area contributed by atoms with Crippen LogP contribution in [0.3, 0.4) is 0 Å². The zero-order valence-corrected chi connectivity index (χ0v) is 21.2. The van der Waals surface area contributed by atoms with Gasteiger partial charge < -0.3 is 20.4 Å². The predicted octanol–water partition coefficient (Wildman–Crippen LogP) is 1.39. The van der Waals surface area contributed by atoms with Gasteiger partial charge in [-0.15, -0.1) is 0 Å². The number of amides is 3. The Bertz CT molecular complexity index is 1580. The topological polar surface area (TPSA) is 153 Å². The van der Waals surface area contributed by atoms with Crippen LogP contribution in [-0.4, -0.2) is 50.5 Å². The quantitative estimate of drug-likeness (QED) is 0.334. The van der Waals surface area contributed by atoms with E-state index < -0.39 is 11.7 Å². The smallest absolute Gasteiger partial charge is 0.408 e. The van der Waals surface area contributed by atoms with Crippen LogP contribution in [0.4, 0.5) is 0 Å². The Morgan fingerprint density at radius 3 is 2.61 bits per heavy atom. The summed E-state index contributed by atoms with van der Waals surface area (Å²) < 4.78 is 7.94. The summed E-state index contributed by atoms with van der Waals surface area (Å²) in [5.41, 5.74) is 2.54. The third kappa shape index (κ3) is 5.01. The van der Waals surface area contributed by atoms with Crippen molar-refractivity contribution in [3.05, 3.63) is 64.0 Å². The number of fused-ring (bicyclic) bond motifs is 2. The summed E-state index contributed by atoms with van der Waals surface area (Å²) >= 11 is 0. The van der Waals surface area contributed by atoms with E-state index in [9.17, 15) is 19.2 Å². The van der Waals surface area contributed by atoms with E-state index in [4.69, 9.17) is 4.42 Å². The second-order valence-corrected chi connectivity index (χ2v) is 9.58. The van der Waals surface area contributed by atoms with Crippen molar-refractivity contribution < 1.29 is 18.8 Å². The molecule has 1 aliphatic carbocycles. The van der Waals surface area contributed by atoms with Crippen molar-refractivity contribution in [1.29, 1.82) is 0 Å². The minimum atomic E-state index is -0.457. The van der Waals surface area contributed by atoms with Gasteiger partial charge in [0.1, 0.15) is 11.4 Å². The molecule has 1 aromatic carbocycles. The van der Waals surface area contributed by atoms with Crippen LogP contribution in [0.25, 0.3) is 16.7 Å². The molecule has 5 rings (SSSR count). The number of aromatic nitrogens is 4. The molecule has 4 aromatic rings. The van der Waals surface area contributed by atoms with E-state index in [1.54, 1.807) is 38.4 Å². The second-order valence-electron chi connectivity index (χ2n) is 9.58. The van der Waals surface area contributed by atoms with Gasteiger partial charge in [0.2, 0.25) is 5.91 Å². The Morgan fingerprint density at radius 1 is 1.05 bits per heavy atom. The molecule has 38 heavy (non-hydrogen) atoms. The molecule has 0 atom stereocenters. The molecular weight excluding hydrogens is 490 g/mol. The third-order valence-electron chi connectivity index (χ3n) is 7.15. The molecule has 0 bridgehead atoms. The molecule has 0 spiro atoms. The number of hydrogen-bond acceptors (Lipinski definition) is 7. The molecule has 12 nitrogen and oxygen atoms in total. The Labute approximate surface area is 217 Å². The van der Waals surface area contributed by atoms with Crippen LogP contribution < -0.4 is 21.7 Å². The number of aryl methyl sites for hydroxylation is 1. The molecule has 12 heteroatoms. The number of hydrogen-bond donors (Lipinski definition) is 3. The Hall–Kier alpha value is -4.48. The van der Waals surface area contributed by atoms with Crippen LogP contribution in [-0.2, 0) is 18.4 Å². The van der Waals surface area contributed by atoms with Crippen molar-refractivity contribution in [2.24, 2.45) is 18.9 Å². The first-order valence-corrected chi connectivity index (χ1v) is 12.5. The Kier molecular flexibility index (Phi) is 6.95. The van der Waals surface area contributed by atoms with Gasteiger partial charge in [-0.25, -0.2) is 14.3 Å². The van der Waals surface area contributed by atoms with Crippen LogP contribution in [0.2, 0.25) is 0 Å². The lowest BCUT2D eigenvalue weighted by molar-refractivity contribution is -0.125. The molecule has 1 aliphatic rings. The summed E-state index contributed by atoms with van der Waals surface area (Å²) in [6.07, 6.45) is 4.84. The van der Waals surface area contributed by atoms with E-state index >= 15 is 0 Å². The van der Waals surface area contributed by atoms with Gasteiger partial charge in [-0.05, 0) is 49.3 Å². The molecule has 198 valence electrons. The molecule has 0 aliphatic heterocycles. The third-order valence-corrected chi connectivity index (χ3v) is 7.15. The fraction of sp³-hybridized carbons (Fsp3) is 0.385. The largest absolute Gasteiger partial charge is 0.419 e. The van der Waals surface area contributed by atoms with E-state index in [0.717, 1.165) is 31.2 Å². The lowest BCUT2D eigenvalue weighted by Gasteiger charge is -2.27. The van der Waals surface area contributed by atoms with Crippen molar-refractivity contribution in [3.8, 4) is 0 Å². The predicted molar refractivity (Wildman–Crippen MR) is 137 cm³/mol. The molecule has 3 N–H and O–H groups in total. The number of nitrogens with zero attached hydrogens (tertiary/aromatic N) is 4. The highest BCUT2D eigenvalue weighted by Gasteiger charge is 2.26. The number of oxazole rings is 1. The average Bonchev–Trinajstić information content (AvgIpc) is 3.53. The SMILES string of the molecule is CNC(=O)C1CCC(CNC(=O)c2cc(C(=O)NCc3ccc4oc(=O)n(C)c4c3)nc3ccnn23)CC1. The number of benzene rings is 1. The average molecular weight is 520 g/mol. The lowest BCUT2D eigenvalue weighted by Crippen LogP contribution is -2.35. The summed E-state index contributed by atoms with van der Waals surface area (Å²) in [5, 5.41) is 12.7. The molecule has 3 amide bonds. The van der Waals surface area contributed by atoms with Gasteiger partial charge in [0.05, 0.1) is 11.7 Å². The van der Waals surface area contributed by atoms with Crippen LogP contribution in [0.15, 0.2) is 45.7 Å². The number of nitrogens with one attached hydrogen (secondary N) is 3. The number of rotatable bonds is 7. The molecular formula is C26H29N7O5. The lowest BCUT2D eigenvalue weighted by atomic mass is 9.81. The molecule has 3 heterocycles. The summed E-state index contributed by atoms with van der Waals surface area (Å²) in [6, 6.07) is 8.27. The standard InChI is InChI=1S/C26H29N7O5/c1-27-23(34)17-6-3-15(4-7-17)13-29-25(36)20-12-18(31-22-9-10-30-33(20)22)24(35)28-14-16-5-8-21-19(11-16)32(2)26(37)38-21/h5,8-12,15,17H,3-4,6-7,13-14H2,1-2H3,(H,27,34)(H,28,35)(H,29,36). The maximum Gasteiger partial charge on any atom is 0.419 e. The minimum absolute atomic E-state index is 0.0328. The fourth-order valence-corrected chi connectivity index (χ4v) is 4.91. The highest BCUT2D eigenvalue weighted by molar-refractivity contribution is 5.98. The monoisotopic (exact) mass is 519 g/mol. The van der Waals surface area contributed by atoms with E-state index in [2.05, 4.69) is 26.0 Å². The fourth-order valence-electron chi connectivity index (χ4n) is 4.91. The molecule has 0 unspecified atom stereocenters.